The molecule has 0 atom stereocenters. The molecule has 0 fully saturated rings. The summed E-state index contributed by atoms with van der Waals surface area (Å²) in [6.07, 6.45) is 0.988. The number of benzene rings is 1. The summed E-state index contributed by atoms with van der Waals surface area (Å²) >= 11 is 0. The normalized spacial score (nSPS) is 10.2. The number of aliphatic carboxylic acids is 1. The third kappa shape index (κ3) is 2.67. The molecule has 6 nitrogen and oxygen atoms in total. The summed E-state index contributed by atoms with van der Waals surface area (Å²) in [5.41, 5.74) is 1.12. The molecule has 0 amide bonds. The molecule has 2 rings (SSSR count). The molecule has 6 heteroatoms. The van der Waals surface area contributed by atoms with Crippen molar-refractivity contribution in [2.24, 2.45) is 0 Å². The average Bonchev–Trinajstić information content (AvgIpc) is 2.85. The van der Waals surface area contributed by atoms with Gasteiger partial charge in [0.25, 0.3) is 0 Å². The van der Waals surface area contributed by atoms with Crippen LogP contribution in [-0.4, -0.2) is 30.3 Å². The Bertz CT molecular complexity index is 590. The molecule has 0 aliphatic heterocycles. The van der Waals surface area contributed by atoms with E-state index in [-0.39, 0.29) is 12.2 Å². The van der Waals surface area contributed by atoms with Gasteiger partial charge in [-0.2, -0.15) is 0 Å². The molecular formula is C13H13NO5. The van der Waals surface area contributed by atoms with Crippen LogP contribution in [0, 0.1) is 0 Å². The predicted molar refractivity (Wildman–Crippen MR) is 66.4 cm³/mol. The quantitative estimate of drug-likeness (QED) is 0.888. The number of carboxylic acid groups (broad SMARTS) is 1. The zero-order valence-corrected chi connectivity index (χ0v) is 10.5. The molecule has 0 spiro atoms. The summed E-state index contributed by atoms with van der Waals surface area (Å²) in [5.74, 6) is 0.491. The van der Waals surface area contributed by atoms with E-state index in [1.165, 1.54) is 13.5 Å². The molecule has 0 saturated carbocycles. The van der Waals surface area contributed by atoms with Gasteiger partial charge in [-0.15, -0.1) is 0 Å². The Labute approximate surface area is 109 Å². The summed E-state index contributed by atoms with van der Waals surface area (Å²) < 4.78 is 15.5. The number of aromatic nitrogens is 1. The second kappa shape index (κ2) is 5.43. The number of oxazole rings is 1. The lowest BCUT2D eigenvalue weighted by Crippen LogP contribution is -2.01. The lowest BCUT2D eigenvalue weighted by molar-refractivity contribution is -0.136. The zero-order chi connectivity index (χ0) is 13.8. The van der Waals surface area contributed by atoms with E-state index < -0.39 is 5.97 Å². The maximum Gasteiger partial charge on any atom is 0.311 e. The summed E-state index contributed by atoms with van der Waals surface area (Å²) in [7, 11) is 3.08. The average molecular weight is 263 g/mol. The van der Waals surface area contributed by atoms with Crippen LogP contribution in [0.2, 0.25) is 0 Å². The third-order valence-electron chi connectivity index (χ3n) is 2.62. The van der Waals surface area contributed by atoms with E-state index in [0.717, 1.165) is 0 Å². The maximum atomic E-state index is 10.8. The molecule has 19 heavy (non-hydrogen) atoms. The summed E-state index contributed by atoms with van der Waals surface area (Å²) in [6.45, 7) is 0. The fourth-order valence-corrected chi connectivity index (χ4v) is 1.75. The van der Waals surface area contributed by atoms with Crippen LogP contribution >= 0.6 is 0 Å². The number of ether oxygens (including phenoxy) is 2. The molecule has 2 aromatic rings. The number of rotatable bonds is 5. The van der Waals surface area contributed by atoms with Gasteiger partial charge in [0.2, 0.25) is 0 Å². The maximum absolute atomic E-state index is 10.8. The number of carboxylic acids is 1. The van der Waals surface area contributed by atoms with Crippen molar-refractivity contribution in [3.05, 3.63) is 30.4 Å². The second-order valence-electron chi connectivity index (χ2n) is 3.76. The molecule has 0 unspecified atom stereocenters. The van der Waals surface area contributed by atoms with Crippen molar-refractivity contribution in [2.75, 3.05) is 14.2 Å². The Morgan fingerprint density at radius 2 is 2.16 bits per heavy atom. The monoisotopic (exact) mass is 263 g/mol. The number of nitrogens with zero attached hydrogens (tertiary/aromatic N) is 1. The molecule has 1 N–H and O–H groups in total. The SMILES string of the molecule is COc1ccc(-c2ncoc2CC(=O)O)c(OC)c1. The van der Waals surface area contributed by atoms with E-state index in [1.54, 1.807) is 25.3 Å². The number of carbonyl (C=O) groups is 1. The smallest absolute Gasteiger partial charge is 0.311 e. The molecule has 1 heterocycles. The first-order valence-corrected chi connectivity index (χ1v) is 5.52. The minimum atomic E-state index is -0.981. The number of hydrogen-bond acceptors (Lipinski definition) is 5. The van der Waals surface area contributed by atoms with Gasteiger partial charge in [0.1, 0.15) is 29.4 Å². The topological polar surface area (TPSA) is 81.8 Å². The van der Waals surface area contributed by atoms with Crippen LogP contribution in [0.3, 0.4) is 0 Å². The van der Waals surface area contributed by atoms with Gasteiger partial charge in [0, 0.05) is 11.6 Å². The van der Waals surface area contributed by atoms with Gasteiger partial charge >= 0.3 is 5.97 Å². The first kappa shape index (κ1) is 12.9. The molecule has 0 radical (unpaired) electrons. The van der Waals surface area contributed by atoms with Gasteiger partial charge in [-0.05, 0) is 12.1 Å². The van der Waals surface area contributed by atoms with Crippen molar-refractivity contribution in [3.63, 3.8) is 0 Å². The molecule has 100 valence electrons. The largest absolute Gasteiger partial charge is 0.497 e. The van der Waals surface area contributed by atoms with Crippen LogP contribution in [0.15, 0.2) is 29.0 Å². The van der Waals surface area contributed by atoms with Crippen molar-refractivity contribution in [1.29, 1.82) is 0 Å². The van der Waals surface area contributed by atoms with Crippen LogP contribution < -0.4 is 9.47 Å². The van der Waals surface area contributed by atoms with Crippen LogP contribution in [0.4, 0.5) is 0 Å². The van der Waals surface area contributed by atoms with E-state index in [4.69, 9.17) is 19.0 Å². The van der Waals surface area contributed by atoms with Crippen molar-refractivity contribution >= 4 is 5.97 Å². The summed E-state index contributed by atoms with van der Waals surface area (Å²) in [4.78, 5) is 14.8. The minimum absolute atomic E-state index is 0.232. The van der Waals surface area contributed by atoms with Crippen molar-refractivity contribution in [3.8, 4) is 22.8 Å². The first-order valence-electron chi connectivity index (χ1n) is 5.52. The summed E-state index contributed by atoms with van der Waals surface area (Å²) in [5, 5.41) is 8.83. The second-order valence-corrected chi connectivity index (χ2v) is 3.76. The highest BCUT2D eigenvalue weighted by atomic mass is 16.5. The lowest BCUT2D eigenvalue weighted by atomic mass is 10.1. The van der Waals surface area contributed by atoms with E-state index in [1.807, 2.05) is 0 Å². The van der Waals surface area contributed by atoms with Gasteiger partial charge in [-0.1, -0.05) is 0 Å². The van der Waals surface area contributed by atoms with E-state index in [0.29, 0.717) is 22.8 Å². The highest BCUT2D eigenvalue weighted by molar-refractivity contribution is 5.76. The molecule has 1 aromatic carbocycles. The fourth-order valence-electron chi connectivity index (χ4n) is 1.75. The standard InChI is InChI=1S/C13H13NO5/c1-17-8-3-4-9(10(5-8)18-2)13-11(6-12(15)16)19-7-14-13/h3-5,7H,6H2,1-2H3,(H,15,16). The molecule has 0 bridgehead atoms. The van der Waals surface area contributed by atoms with Crippen molar-refractivity contribution in [1.82, 2.24) is 4.98 Å². The molecule has 0 aliphatic carbocycles. The first-order chi connectivity index (χ1) is 9.15. The van der Waals surface area contributed by atoms with E-state index >= 15 is 0 Å². The van der Waals surface area contributed by atoms with E-state index in [9.17, 15) is 4.79 Å². The highest BCUT2D eigenvalue weighted by Crippen LogP contribution is 2.34. The van der Waals surface area contributed by atoms with Crippen LogP contribution in [-0.2, 0) is 11.2 Å². The third-order valence-corrected chi connectivity index (χ3v) is 2.62. The Morgan fingerprint density at radius 3 is 2.79 bits per heavy atom. The van der Waals surface area contributed by atoms with Crippen LogP contribution in [0.5, 0.6) is 11.5 Å². The van der Waals surface area contributed by atoms with Crippen molar-refractivity contribution in [2.45, 2.75) is 6.42 Å². The van der Waals surface area contributed by atoms with Gasteiger partial charge in [-0.3, -0.25) is 4.79 Å². The predicted octanol–water partition coefficient (Wildman–Crippen LogP) is 1.99. The lowest BCUT2D eigenvalue weighted by Gasteiger charge is -2.09. The minimum Gasteiger partial charge on any atom is -0.497 e. The van der Waals surface area contributed by atoms with Crippen LogP contribution in [0.1, 0.15) is 5.76 Å². The summed E-state index contributed by atoms with van der Waals surface area (Å²) in [6, 6.07) is 5.20. The Morgan fingerprint density at radius 1 is 1.37 bits per heavy atom. The van der Waals surface area contributed by atoms with E-state index in [2.05, 4.69) is 4.98 Å². The number of hydrogen-bond donors (Lipinski definition) is 1. The zero-order valence-electron chi connectivity index (χ0n) is 10.5. The van der Waals surface area contributed by atoms with Gasteiger partial charge in [-0.25, -0.2) is 4.98 Å². The number of methoxy groups -OCH3 is 2. The Hall–Kier alpha value is -2.50. The van der Waals surface area contributed by atoms with Gasteiger partial charge < -0.3 is 19.0 Å². The van der Waals surface area contributed by atoms with Gasteiger partial charge in [0.05, 0.1) is 14.2 Å². The Balaban J connectivity index is 2.46. The van der Waals surface area contributed by atoms with Gasteiger partial charge in [0.15, 0.2) is 6.39 Å². The molecular weight excluding hydrogens is 250 g/mol. The highest BCUT2D eigenvalue weighted by Gasteiger charge is 2.17. The Kier molecular flexibility index (Phi) is 3.70. The van der Waals surface area contributed by atoms with Crippen LogP contribution in [0.25, 0.3) is 11.3 Å². The fraction of sp³-hybridized carbons (Fsp3) is 0.231. The van der Waals surface area contributed by atoms with Crippen molar-refractivity contribution < 1.29 is 23.8 Å². The molecule has 0 aliphatic rings. The molecule has 0 saturated heterocycles. The molecule has 1 aromatic heterocycles.